The summed E-state index contributed by atoms with van der Waals surface area (Å²) in [6.07, 6.45) is 4.64. The molecule has 1 saturated heterocycles. The molecule has 130 valence electrons. The molecule has 0 unspecified atom stereocenters. The van der Waals surface area contributed by atoms with Gasteiger partial charge in [-0.05, 0) is 49.6 Å². The molecule has 3 aromatic heterocycles. The molecule has 0 spiro atoms. The van der Waals surface area contributed by atoms with Crippen LogP contribution in [0.5, 0.6) is 0 Å². The van der Waals surface area contributed by atoms with E-state index in [1.807, 2.05) is 31.3 Å². The Labute approximate surface area is 146 Å². The number of hydrogen-bond acceptors (Lipinski definition) is 7. The zero-order chi connectivity index (χ0) is 17.1. The summed E-state index contributed by atoms with van der Waals surface area (Å²) < 4.78 is 10.6. The molecule has 1 atom stereocenters. The first-order valence-corrected chi connectivity index (χ1v) is 8.51. The minimum atomic E-state index is 0.503. The van der Waals surface area contributed by atoms with Crippen LogP contribution in [0.15, 0.2) is 45.7 Å². The van der Waals surface area contributed by atoms with E-state index in [0.29, 0.717) is 29.9 Å². The molecular formula is C18H21N5O2. The van der Waals surface area contributed by atoms with Crippen molar-refractivity contribution in [3.8, 4) is 11.6 Å². The van der Waals surface area contributed by atoms with Gasteiger partial charge in [-0.25, -0.2) is 4.98 Å². The maximum Gasteiger partial charge on any atom is 0.241 e. The van der Waals surface area contributed by atoms with Crippen LogP contribution in [0.4, 0.5) is 5.82 Å². The topological polar surface area (TPSA) is 80.2 Å². The molecule has 1 N–H and O–H groups in total. The number of anilines is 1. The Morgan fingerprint density at radius 2 is 2.28 bits per heavy atom. The van der Waals surface area contributed by atoms with Crippen LogP contribution in [0.1, 0.15) is 17.9 Å². The summed E-state index contributed by atoms with van der Waals surface area (Å²) in [6.45, 7) is 5.69. The Morgan fingerprint density at radius 3 is 3.08 bits per heavy atom. The lowest BCUT2D eigenvalue weighted by molar-refractivity contribution is 0.261. The SMILES string of the molecule is Cc1ccc(NC[C@H]2CCN(Cc3nc(-c4ccco4)no3)C2)nc1. The summed E-state index contributed by atoms with van der Waals surface area (Å²) in [7, 11) is 0. The average molecular weight is 339 g/mol. The smallest absolute Gasteiger partial charge is 0.241 e. The van der Waals surface area contributed by atoms with Crippen molar-refractivity contribution in [3.63, 3.8) is 0 Å². The quantitative estimate of drug-likeness (QED) is 0.739. The molecule has 1 aliphatic rings. The predicted molar refractivity (Wildman–Crippen MR) is 92.8 cm³/mol. The van der Waals surface area contributed by atoms with Gasteiger partial charge in [0.1, 0.15) is 5.82 Å². The molecular weight excluding hydrogens is 318 g/mol. The highest BCUT2D eigenvalue weighted by Gasteiger charge is 2.24. The zero-order valence-corrected chi connectivity index (χ0v) is 14.2. The van der Waals surface area contributed by atoms with Crippen molar-refractivity contribution in [2.75, 3.05) is 25.0 Å². The van der Waals surface area contributed by atoms with E-state index in [-0.39, 0.29) is 0 Å². The van der Waals surface area contributed by atoms with Gasteiger partial charge in [-0.2, -0.15) is 4.98 Å². The van der Waals surface area contributed by atoms with Crippen molar-refractivity contribution < 1.29 is 8.94 Å². The van der Waals surface area contributed by atoms with E-state index in [1.165, 1.54) is 5.56 Å². The normalized spacial score (nSPS) is 17.9. The third-order valence-electron chi connectivity index (χ3n) is 4.42. The predicted octanol–water partition coefficient (Wildman–Crippen LogP) is 2.97. The highest BCUT2D eigenvalue weighted by Crippen LogP contribution is 2.21. The first-order valence-electron chi connectivity index (χ1n) is 8.51. The number of furan rings is 1. The number of hydrogen-bond donors (Lipinski definition) is 1. The van der Waals surface area contributed by atoms with Gasteiger partial charge in [0.25, 0.3) is 0 Å². The van der Waals surface area contributed by atoms with Crippen molar-refractivity contribution in [2.45, 2.75) is 19.9 Å². The van der Waals surface area contributed by atoms with Crippen LogP contribution in [0.2, 0.25) is 0 Å². The third-order valence-corrected chi connectivity index (χ3v) is 4.42. The Balaban J connectivity index is 1.27. The van der Waals surface area contributed by atoms with E-state index < -0.39 is 0 Å². The van der Waals surface area contributed by atoms with Crippen LogP contribution in [0.3, 0.4) is 0 Å². The van der Waals surface area contributed by atoms with Crippen molar-refractivity contribution >= 4 is 5.82 Å². The average Bonchev–Trinajstić information content (AvgIpc) is 3.36. The highest BCUT2D eigenvalue weighted by atomic mass is 16.5. The van der Waals surface area contributed by atoms with Gasteiger partial charge in [0.15, 0.2) is 5.76 Å². The van der Waals surface area contributed by atoms with Crippen LogP contribution in [0.25, 0.3) is 11.6 Å². The second-order valence-electron chi connectivity index (χ2n) is 6.48. The first-order chi connectivity index (χ1) is 12.3. The fraction of sp³-hybridized carbons (Fsp3) is 0.389. The number of nitrogens with zero attached hydrogens (tertiary/aromatic N) is 4. The van der Waals surface area contributed by atoms with Gasteiger partial charge >= 0.3 is 0 Å². The molecule has 0 aromatic carbocycles. The van der Waals surface area contributed by atoms with Crippen LogP contribution < -0.4 is 5.32 Å². The number of nitrogens with one attached hydrogen (secondary N) is 1. The van der Waals surface area contributed by atoms with E-state index in [4.69, 9.17) is 8.94 Å². The van der Waals surface area contributed by atoms with Crippen LogP contribution in [0, 0.1) is 12.8 Å². The summed E-state index contributed by atoms with van der Waals surface area (Å²) >= 11 is 0. The molecule has 0 saturated carbocycles. The Bertz CT molecular complexity index is 797. The summed E-state index contributed by atoms with van der Waals surface area (Å²) in [5, 5.41) is 7.39. The maximum atomic E-state index is 5.34. The first kappa shape index (κ1) is 15.8. The molecule has 7 heteroatoms. The number of aryl methyl sites for hydroxylation is 1. The molecule has 4 heterocycles. The van der Waals surface area contributed by atoms with Gasteiger partial charge in [-0.3, -0.25) is 4.90 Å². The van der Waals surface area contributed by atoms with E-state index in [9.17, 15) is 0 Å². The van der Waals surface area contributed by atoms with Crippen LogP contribution in [-0.2, 0) is 6.54 Å². The van der Waals surface area contributed by atoms with Gasteiger partial charge < -0.3 is 14.3 Å². The second kappa shape index (κ2) is 7.06. The zero-order valence-electron chi connectivity index (χ0n) is 14.2. The summed E-state index contributed by atoms with van der Waals surface area (Å²) in [4.78, 5) is 11.1. The minimum absolute atomic E-state index is 0.503. The van der Waals surface area contributed by atoms with Crippen molar-refractivity contribution in [3.05, 3.63) is 48.2 Å². The Morgan fingerprint density at radius 1 is 1.32 bits per heavy atom. The highest BCUT2D eigenvalue weighted by molar-refractivity contribution is 5.44. The van der Waals surface area contributed by atoms with Gasteiger partial charge in [0.2, 0.25) is 11.7 Å². The lowest BCUT2D eigenvalue weighted by Crippen LogP contribution is -2.23. The molecule has 1 fully saturated rings. The van der Waals surface area contributed by atoms with Crippen molar-refractivity contribution in [1.29, 1.82) is 0 Å². The summed E-state index contributed by atoms with van der Waals surface area (Å²) in [5.74, 6) is 3.28. The molecule has 0 bridgehead atoms. The number of likely N-dealkylation sites (tertiary alicyclic amines) is 1. The van der Waals surface area contributed by atoms with Crippen molar-refractivity contribution in [2.24, 2.45) is 5.92 Å². The molecule has 3 aromatic rings. The number of aromatic nitrogens is 3. The van der Waals surface area contributed by atoms with Gasteiger partial charge in [-0.15, -0.1) is 0 Å². The Hall–Kier alpha value is -2.67. The van der Waals surface area contributed by atoms with E-state index in [0.717, 1.165) is 31.9 Å². The Kier molecular flexibility index (Phi) is 4.47. The molecule has 0 radical (unpaired) electrons. The molecule has 7 nitrogen and oxygen atoms in total. The number of pyridine rings is 1. The molecule has 25 heavy (non-hydrogen) atoms. The molecule has 1 aliphatic heterocycles. The van der Waals surface area contributed by atoms with Crippen LogP contribution in [-0.4, -0.2) is 39.7 Å². The number of rotatable bonds is 6. The van der Waals surface area contributed by atoms with E-state index >= 15 is 0 Å². The lowest BCUT2D eigenvalue weighted by atomic mass is 10.1. The van der Waals surface area contributed by atoms with E-state index in [1.54, 1.807) is 6.26 Å². The largest absolute Gasteiger partial charge is 0.461 e. The van der Waals surface area contributed by atoms with Crippen LogP contribution >= 0.6 is 0 Å². The molecule has 4 rings (SSSR count). The fourth-order valence-electron chi connectivity index (χ4n) is 3.06. The van der Waals surface area contributed by atoms with Gasteiger partial charge in [0, 0.05) is 19.3 Å². The van der Waals surface area contributed by atoms with E-state index in [2.05, 4.69) is 31.4 Å². The summed E-state index contributed by atoms with van der Waals surface area (Å²) in [6, 6.07) is 7.73. The second-order valence-corrected chi connectivity index (χ2v) is 6.48. The van der Waals surface area contributed by atoms with Crippen molar-refractivity contribution in [1.82, 2.24) is 20.0 Å². The standard InChI is InChI=1S/C18H21N5O2/c1-13-4-5-16(19-9-13)20-10-14-6-7-23(11-14)12-17-21-18(22-25-17)15-3-2-8-24-15/h2-5,8-9,14H,6-7,10-12H2,1H3,(H,19,20)/t14-/m1/s1. The maximum absolute atomic E-state index is 5.34. The minimum Gasteiger partial charge on any atom is -0.461 e. The fourth-order valence-corrected chi connectivity index (χ4v) is 3.06. The van der Waals surface area contributed by atoms with Gasteiger partial charge in [0.05, 0.1) is 12.8 Å². The lowest BCUT2D eigenvalue weighted by Gasteiger charge is -2.14. The monoisotopic (exact) mass is 339 g/mol. The molecule has 0 aliphatic carbocycles. The third kappa shape index (κ3) is 3.88. The summed E-state index contributed by atoms with van der Waals surface area (Å²) in [5.41, 5.74) is 1.17. The molecule has 0 amide bonds. The van der Waals surface area contributed by atoms with Gasteiger partial charge in [-0.1, -0.05) is 11.2 Å².